The number of halogens is 9. The molecule has 0 saturated carbocycles. The fourth-order valence-corrected chi connectivity index (χ4v) is 0.455. The van der Waals surface area contributed by atoms with E-state index in [1.54, 1.807) is 0 Å². The lowest BCUT2D eigenvalue weighted by Crippen LogP contribution is -2.38. The van der Waals surface area contributed by atoms with Gasteiger partial charge >= 0.3 is 12.1 Å². The minimum atomic E-state index is -6.47. The van der Waals surface area contributed by atoms with Crippen molar-refractivity contribution in [1.29, 1.82) is 0 Å². The minimum Gasteiger partial charge on any atom is -0.202 e. The van der Waals surface area contributed by atoms with E-state index < -0.39 is 29.7 Å². The van der Waals surface area contributed by atoms with Crippen molar-refractivity contribution >= 4 is 0 Å². The molecule has 0 aliphatic rings. The van der Waals surface area contributed by atoms with E-state index in [-0.39, 0.29) is 6.92 Å². The van der Waals surface area contributed by atoms with Gasteiger partial charge in [-0.15, -0.1) is 0 Å². The third-order valence-corrected chi connectivity index (χ3v) is 1.21. The summed E-state index contributed by atoms with van der Waals surface area (Å²) in [5, 5.41) is 0. The van der Waals surface area contributed by atoms with Crippen LogP contribution in [0.5, 0.6) is 0 Å². The van der Waals surface area contributed by atoms with Crippen molar-refractivity contribution < 1.29 is 39.5 Å². The molecule has 0 aliphatic heterocycles. The van der Waals surface area contributed by atoms with Crippen molar-refractivity contribution in [3.63, 3.8) is 0 Å². The summed E-state index contributed by atoms with van der Waals surface area (Å²) in [7, 11) is 0. The van der Waals surface area contributed by atoms with Crippen molar-refractivity contribution in [3.05, 3.63) is 11.7 Å². The Morgan fingerprint density at radius 3 is 1.27 bits per heavy atom. The van der Waals surface area contributed by atoms with Gasteiger partial charge in [0.25, 0.3) is 5.92 Å². The molecule has 0 heterocycles. The zero-order valence-electron chi connectivity index (χ0n) is 6.90. The summed E-state index contributed by atoms with van der Waals surface area (Å²) in [4.78, 5) is 0. The van der Waals surface area contributed by atoms with Crippen LogP contribution < -0.4 is 0 Å². The van der Waals surface area contributed by atoms with E-state index in [0.29, 0.717) is 0 Å². The van der Waals surface area contributed by atoms with Crippen LogP contribution in [0.2, 0.25) is 0 Å². The third-order valence-electron chi connectivity index (χ3n) is 1.21. The zero-order chi connectivity index (χ0) is 12.7. The lowest BCUT2D eigenvalue weighted by atomic mass is 10.2. The molecule has 0 bridgehead atoms. The Balaban J connectivity index is 5.44. The second kappa shape index (κ2) is 3.60. The van der Waals surface area contributed by atoms with Gasteiger partial charge in [-0.2, -0.15) is 30.7 Å². The van der Waals surface area contributed by atoms with Crippen LogP contribution in [0.1, 0.15) is 6.92 Å². The van der Waals surface area contributed by atoms with Gasteiger partial charge in [0.15, 0.2) is 0 Å². The third kappa shape index (κ3) is 2.78. The smallest absolute Gasteiger partial charge is 0.202 e. The van der Waals surface area contributed by atoms with E-state index in [9.17, 15) is 39.5 Å². The van der Waals surface area contributed by atoms with E-state index in [2.05, 4.69) is 0 Å². The Kier molecular flexibility index (Phi) is 3.39. The Morgan fingerprint density at radius 2 is 1.07 bits per heavy atom. The summed E-state index contributed by atoms with van der Waals surface area (Å²) < 4.78 is 106. The maximum Gasteiger partial charge on any atom is 0.460 e. The molecule has 0 spiro atoms. The van der Waals surface area contributed by atoms with Gasteiger partial charge in [-0.1, -0.05) is 0 Å². The van der Waals surface area contributed by atoms with E-state index in [1.807, 2.05) is 0 Å². The summed E-state index contributed by atoms with van der Waals surface area (Å²) in [6, 6.07) is 0. The summed E-state index contributed by atoms with van der Waals surface area (Å²) in [5.74, 6) is -18.3. The normalized spacial score (nSPS) is 16.4. The molecule has 0 N–H and O–H groups in total. The Labute approximate surface area is 77.4 Å². The lowest BCUT2D eigenvalue weighted by molar-refractivity contribution is -0.272. The molecule has 90 valence electrons. The van der Waals surface area contributed by atoms with Crippen LogP contribution in [-0.2, 0) is 0 Å². The Morgan fingerprint density at radius 1 is 0.733 bits per heavy atom. The number of hydrogen-bond acceptors (Lipinski definition) is 0. The molecule has 0 atom stereocenters. The highest BCUT2D eigenvalue weighted by Crippen LogP contribution is 2.45. The molecule has 0 rings (SSSR count). The average Bonchev–Trinajstić information content (AvgIpc) is 1.97. The molecule has 0 aromatic heterocycles. The van der Waals surface area contributed by atoms with E-state index in [1.165, 1.54) is 0 Å². The van der Waals surface area contributed by atoms with Gasteiger partial charge in [-0.25, -0.2) is 8.78 Å². The van der Waals surface area contributed by atoms with Crippen LogP contribution in [0.3, 0.4) is 0 Å². The fraction of sp³-hybridized carbons (Fsp3) is 0.667. The van der Waals surface area contributed by atoms with Crippen molar-refractivity contribution in [2.24, 2.45) is 0 Å². The predicted octanol–water partition coefficient (Wildman–Crippen LogP) is 3.99. The first-order valence-electron chi connectivity index (χ1n) is 3.20. The molecule has 0 amide bonds. The molecule has 0 fully saturated rings. The van der Waals surface area contributed by atoms with Crippen molar-refractivity contribution in [2.45, 2.75) is 24.9 Å². The zero-order valence-corrected chi connectivity index (χ0v) is 6.90. The highest BCUT2D eigenvalue weighted by atomic mass is 19.4. The summed E-state index contributed by atoms with van der Waals surface area (Å²) in [6.07, 6.45) is -6.47. The molecule has 0 aliphatic carbocycles. The fourth-order valence-electron chi connectivity index (χ4n) is 0.455. The number of hydrogen-bond donors (Lipinski definition) is 0. The van der Waals surface area contributed by atoms with E-state index in [0.717, 1.165) is 0 Å². The molecule has 9 heteroatoms. The van der Waals surface area contributed by atoms with Crippen molar-refractivity contribution in [2.75, 3.05) is 0 Å². The van der Waals surface area contributed by atoms with Crippen LogP contribution in [0, 0.1) is 0 Å². The highest BCUT2D eigenvalue weighted by Gasteiger charge is 2.63. The van der Waals surface area contributed by atoms with Crippen LogP contribution >= 0.6 is 0 Å². The topological polar surface area (TPSA) is 0 Å². The molecule has 0 aromatic carbocycles. The van der Waals surface area contributed by atoms with Gasteiger partial charge in [0.1, 0.15) is 0 Å². The average molecular weight is 246 g/mol. The minimum absolute atomic E-state index is 0.353. The summed E-state index contributed by atoms with van der Waals surface area (Å²) in [6.45, 7) is -0.353. The van der Waals surface area contributed by atoms with E-state index in [4.69, 9.17) is 0 Å². The SMILES string of the molecule is CC(F)(F)C(F)=C(F)C(F)(F)C(F)(F)F. The largest absolute Gasteiger partial charge is 0.460 e. The van der Waals surface area contributed by atoms with Crippen LogP contribution in [-0.4, -0.2) is 18.0 Å². The molecule has 0 aromatic rings. The quantitative estimate of drug-likeness (QED) is 0.646. The first-order chi connectivity index (χ1) is 6.32. The molecular formula is C6H3F9. The number of allylic oxidation sites excluding steroid dienone is 2. The van der Waals surface area contributed by atoms with Crippen LogP contribution in [0.15, 0.2) is 11.7 Å². The van der Waals surface area contributed by atoms with Gasteiger partial charge < -0.3 is 0 Å². The highest BCUT2D eigenvalue weighted by molar-refractivity contribution is 5.17. The van der Waals surface area contributed by atoms with Gasteiger partial charge in [0.05, 0.1) is 0 Å². The maximum atomic E-state index is 12.1. The Hall–Kier alpha value is -0.890. The summed E-state index contributed by atoms with van der Waals surface area (Å²) in [5.41, 5.74) is 0. The van der Waals surface area contributed by atoms with E-state index >= 15 is 0 Å². The van der Waals surface area contributed by atoms with Crippen molar-refractivity contribution in [1.82, 2.24) is 0 Å². The molecular weight excluding hydrogens is 243 g/mol. The maximum absolute atomic E-state index is 12.1. The Bertz CT molecular complexity index is 265. The predicted molar refractivity (Wildman–Crippen MR) is 30.9 cm³/mol. The lowest BCUT2D eigenvalue weighted by Gasteiger charge is -2.19. The second-order valence-corrected chi connectivity index (χ2v) is 2.59. The second-order valence-electron chi connectivity index (χ2n) is 2.59. The van der Waals surface area contributed by atoms with Crippen molar-refractivity contribution in [3.8, 4) is 0 Å². The molecule has 0 nitrogen and oxygen atoms in total. The number of alkyl halides is 7. The van der Waals surface area contributed by atoms with Crippen LogP contribution in [0.4, 0.5) is 39.5 Å². The molecule has 0 radical (unpaired) electrons. The molecule has 15 heavy (non-hydrogen) atoms. The summed E-state index contributed by atoms with van der Waals surface area (Å²) >= 11 is 0. The first kappa shape index (κ1) is 14.1. The van der Waals surface area contributed by atoms with Gasteiger partial charge in [-0.05, 0) is 0 Å². The first-order valence-corrected chi connectivity index (χ1v) is 3.20. The number of rotatable bonds is 2. The standard InChI is InChI=1S/C6H3F9/c1-4(9,10)2(7)3(8)5(11,12)6(13,14)15/h1H3. The van der Waals surface area contributed by atoms with Gasteiger partial charge in [-0.3, -0.25) is 0 Å². The van der Waals surface area contributed by atoms with Gasteiger partial charge in [0.2, 0.25) is 11.7 Å². The molecule has 0 unspecified atom stereocenters. The monoisotopic (exact) mass is 246 g/mol. The van der Waals surface area contributed by atoms with Crippen LogP contribution in [0.25, 0.3) is 0 Å². The molecule has 0 saturated heterocycles. The van der Waals surface area contributed by atoms with Gasteiger partial charge in [0, 0.05) is 6.92 Å².